The fourth-order valence-electron chi connectivity index (χ4n) is 2.92. The number of fused-ring (bicyclic) bond motifs is 1. The molecule has 2 aromatic rings. The molecule has 1 aliphatic rings. The van der Waals surface area contributed by atoms with Gasteiger partial charge in [0.05, 0.1) is 18.0 Å². The maximum Gasteiger partial charge on any atom is 0.251 e. The molecule has 0 aliphatic carbocycles. The number of likely N-dealkylation sites (N-methyl/N-ethyl adjacent to an activating group) is 1. The average Bonchev–Trinajstić information content (AvgIpc) is 2.58. The second-order valence-corrected chi connectivity index (χ2v) is 6.44. The van der Waals surface area contributed by atoms with Crippen LogP contribution in [-0.2, 0) is 4.79 Å². The van der Waals surface area contributed by atoms with E-state index in [0.29, 0.717) is 0 Å². The van der Waals surface area contributed by atoms with E-state index in [1.807, 2.05) is 56.3 Å². The predicted octanol–water partition coefficient (Wildman–Crippen LogP) is 2.89. The Morgan fingerprint density at radius 1 is 1.12 bits per heavy atom. The van der Waals surface area contributed by atoms with Crippen LogP contribution < -0.4 is 15.0 Å². The summed E-state index contributed by atoms with van der Waals surface area (Å²) in [6.07, 6.45) is 0. The molecular weight excluding hydrogens is 304 g/mol. The minimum Gasteiger partial charge on any atom is -0.491 e. The highest BCUT2D eigenvalue weighted by atomic mass is 16.5. The molecule has 2 N–H and O–H groups in total. The number of nitrogens with one attached hydrogen (secondary N) is 1. The van der Waals surface area contributed by atoms with Crippen molar-refractivity contribution in [1.29, 1.82) is 0 Å². The Kier molecular flexibility index (Phi) is 4.20. The van der Waals surface area contributed by atoms with E-state index in [1.54, 1.807) is 11.9 Å². The number of benzene rings is 2. The van der Waals surface area contributed by atoms with Crippen molar-refractivity contribution in [3.63, 3.8) is 0 Å². The lowest BCUT2D eigenvalue weighted by Gasteiger charge is -2.38. The number of hydrogen-bond acceptors (Lipinski definition) is 4. The lowest BCUT2D eigenvalue weighted by atomic mass is 9.96. The monoisotopic (exact) mass is 326 g/mol. The highest BCUT2D eigenvalue weighted by molar-refractivity contribution is 6.07. The van der Waals surface area contributed by atoms with Gasteiger partial charge in [0.1, 0.15) is 17.9 Å². The Morgan fingerprint density at radius 2 is 1.79 bits per heavy atom. The highest BCUT2D eigenvalue weighted by Crippen LogP contribution is 2.37. The molecule has 0 saturated heterocycles. The number of ether oxygens (including phenoxy) is 1. The standard InChI is InChI=1S/C19H22N2O3/c1-19(2)18(23)21(3)17-12-14(6-9-16(17)20-19)13-4-7-15(8-5-13)24-11-10-22/h4-9,12,20,22H,10-11H2,1-3H3. The second-order valence-electron chi connectivity index (χ2n) is 6.44. The normalized spacial score (nSPS) is 15.7. The van der Waals surface area contributed by atoms with Gasteiger partial charge in [-0.2, -0.15) is 0 Å². The van der Waals surface area contributed by atoms with E-state index in [4.69, 9.17) is 9.84 Å². The molecule has 0 atom stereocenters. The first-order valence-corrected chi connectivity index (χ1v) is 7.97. The molecular formula is C19H22N2O3. The number of amides is 1. The van der Waals surface area contributed by atoms with Gasteiger partial charge in [0, 0.05) is 7.05 Å². The van der Waals surface area contributed by atoms with E-state index in [2.05, 4.69) is 5.32 Å². The van der Waals surface area contributed by atoms with Crippen LogP contribution >= 0.6 is 0 Å². The third-order valence-electron chi connectivity index (χ3n) is 4.19. The molecule has 0 fully saturated rings. The summed E-state index contributed by atoms with van der Waals surface area (Å²) >= 11 is 0. The van der Waals surface area contributed by atoms with Gasteiger partial charge in [-0.05, 0) is 49.2 Å². The molecule has 2 aromatic carbocycles. The first kappa shape index (κ1) is 16.3. The van der Waals surface area contributed by atoms with Crippen LogP contribution in [0.1, 0.15) is 13.8 Å². The van der Waals surface area contributed by atoms with Crippen LogP contribution in [0, 0.1) is 0 Å². The maximum absolute atomic E-state index is 12.4. The molecule has 24 heavy (non-hydrogen) atoms. The Balaban J connectivity index is 1.90. The zero-order valence-electron chi connectivity index (χ0n) is 14.2. The number of carbonyl (C=O) groups is 1. The van der Waals surface area contributed by atoms with Crippen molar-refractivity contribution in [3.05, 3.63) is 42.5 Å². The second kappa shape index (κ2) is 6.17. The number of anilines is 2. The molecule has 0 aromatic heterocycles. The Labute approximate surface area is 141 Å². The molecule has 126 valence electrons. The first-order chi connectivity index (χ1) is 11.4. The fraction of sp³-hybridized carbons (Fsp3) is 0.316. The predicted molar refractivity (Wildman–Crippen MR) is 95.6 cm³/mol. The molecule has 0 radical (unpaired) electrons. The van der Waals surface area contributed by atoms with Crippen molar-refractivity contribution in [2.24, 2.45) is 0 Å². The van der Waals surface area contributed by atoms with E-state index in [9.17, 15) is 4.79 Å². The van der Waals surface area contributed by atoms with Gasteiger partial charge in [0.25, 0.3) is 5.91 Å². The SMILES string of the molecule is CN1C(=O)C(C)(C)Nc2ccc(-c3ccc(OCCO)cc3)cc21. The van der Waals surface area contributed by atoms with Gasteiger partial charge in [-0.3, -0.25) is 4.79 Å². The van der Waals surface area contributed by atoms with Gasteiger partial charge in [-0.1, -0.05) is 18.2 Å². The van der Waals surface area contributed by atoms with E-state index in [1.165, 1.54) is 0 Å². The number of hydrogen-bond donors (Lipinski definition) is 2. The Bertz CT molecular complexity index is 754. The lowest BCUT2D eigenvalue weighted by molar-refractivity contribution is -0.121. The molecule has 0 saturated carbocycles. The molecule has 0 unspecified atom stereocenters. The summed E-state index contributed by atoms with van der Waals surface area (Å²) in [5.74, 6) is 0.765. The molecule has 5 heteroatoms. The van der Waals surface area contributed by atoms with E-state index in [0.717, 1.165) is 28.3 Å². The summed E-state index contributed by atoms with van der Waals surface area (Å²) in [5, 5.41) is 12.1. The van der Waals surface area contributed by atoms with Crippen LogP contribution in [0.4, 0.5) is 11.4 Å². The smallest absolute Gasteiger partial charge is 0.251 e. The van der Waals surface area contributed by atoms with Gasteiger partial charge in [0.2, 0.25) is 0 Å². The number of aliphatic hydroxyl groups excluding tert-OH is 1. The van der Waals surface area contributed by atoms with Crippen molar-refractivity contribution in [2.45, 2.75) is 19.4 Å². The van der Waals surface area contributed by atoms with Crippen LogP contribution in [0.3, 0.4) is 0 Å². The summed E-state index contributed by atoms with van der Waals surface area (Å²) in [4.78, 5) is 14.1. The summed E-state index contributed by atoms with van der Waals surface area (Å²) in [5.41, 5.74) is 3.30. The van der Waals surface area contributed by atoms with Crippen molar-refractivity contribution in [3.8, 4) is 16.9 Å². The summed E-state index contributed by atoms with van der Waals surface area (Å²) < 4.78 is 5.38. The number of nitrogens with zero attached hydrogens (tertiary/aromatic N) is 1. The minimum absolute atomic E-state index is 0.00369. The Hall–Kier alpha value is -2.53. The summed E-state index contributed by atoms with van der Waals surface area (Å²) in [6.45, 7) is 4.05. The molecule has 3 rings (SSSR count). The molecule has 1 amide bonds. The van der Waals surface area contributed by atoms with Crippen molar-refractivity contribution in [2.75, 3.05) is 30.5 Å². The quantitative estimate of drug-likeness (QED) is 0.907. The zero-order chi connectivity index (χ0) is 17.3. The zero-order valence-corrected chi connectivity index (χ0v) is 14.2. The summed E-state index contributed by atoms with van der Waals surface area (Å²) in [6, 6.07) is 13.7. The molecule has 5 nitrogen and oxygen atoms in total. The van der Waals surface area contributed by atoms with E-state index in [-0.39, 0.29) is 19.1 Å². The Morgan fingerprint density at radius 3 is 2.46 bits per heavy atom. The van der Waals surface area contributed by atoms with Crippen molar-refractivity contribution in [1.82, 2.24) is 0 Å². The topological polar surface area (TPSA) is 61.8 Å². The van der Waals surface area contributed by atoms with Crippen LogP contribution in [0.5, 0.6) is 5.75 Å². The maximum atomic E-state index is 12.4. The fourth-order valence-corrected chi connectivity index (χ4v) is 2.92. The molecule has 1 aliphatic heterocycles. The minimum atomic E-state index is -0.602. The number of aliphatic hydroxyl groups is 1. The van der Waals surface area contributed by atoms with E-state index < -0.39 is 5.54 Å². The van der Waals surface area contributed by atoms with Crippen LogP contribution in [-0.4, -0.2) is 36.8 Å². The molecule has 0 spiro atoms. The summed E-state index contributed by atoms with van der Waals surface area (Å²) in [7, 11) is 1.80. The van der Waals surface area contributed by atoms with Crippen LogP contribution in [0.2, 0.25) is 0 Å². The average molecular weight is 326 g/mol. The van der Waals surface area contributed by atoms with Gasteiger partial charge < -0.3 is 20.1 Å². The largest absolute Gasteiger partial charge is 0.491 e. The number of carbonyl (C=O) groups excluding carboxylic acids is 1. The van der Waals surface area contributed by atoms with Gasteiger partial charge in [-0.15, -0.1) is 0 Å². The first-order valence-electron chi connectivity index (χ1n) is 7.97. The van der Waals surface area contributed by atoms with Gasteiger partial charge >= 0.3 is 0 Å². The lowest BCUT2D eigenvalue weighted by Crippen LogP contribution is -2.52. The highest BCUT2D eigenvalue weighted by Gasteiger charge is 2.36. The van der Waals surface area contributed by atoms with Crippen LogP contribution in [0.15, 0.2) is 42.5 Å². The van der Waals surface area contributed by atoms with Gasteiger partial charge in [-0.25, -0.2) is 0 Å². The number of rotatable bonds is 4. The van der Waals surface area contributed by atoms with Crippen LogP contribution in [0.25, 0.3) is 11.1 Å². The van der Waals surface area contributed by atoms with Gasteiger partial charge in [0.15, 0.2) is 0 Å². The third-order valence-corrected chi connectivity index (χ3v) is 4.19. The van der Waals surface area contributed by atoms with Crippen molar-refractivity contribution < 1.29 is 14.6 Å². The molecule has 1 heterocycles. The third kappa shape index (κ3) is 2.95. The van der Waals surface area contributed by atoms with E-state index >= 15 is 0 Å². The van der Waals surface area contributed by atoms with Crippen molar-refractivity contribution >= 4 is 17.3 Å². The molecule has 0 bridgehead atoms.